The highest BCUT2D eigenvalue weighted by Gasteiger charge is 2.31. The number of hydrogen-bond acceptors (Lipinski definition) is 5. The Balaban J connectivity index is 1.94. The topological polar surface area (TPSA) is 38.8 Å². The van der Waals surface area contributed by atoms with E-state index in [0.29, 0.717) is 51.9 Å². The maximum absolute atomic E-state index is 12.7. The molecule has 1 aliphatic rings. The molecule has 1 heterocycles. The van der Waals surface area contributed by atoms with Gasteiger partial charge in [-0.05, 0) is 54.8 Å². The average molecular weight is 486 g/mol. The summed E-state index contributed by atoms with van der Waals surface area (Å²) in [4.78, 5) is 14.8. The first kappa shape index (κ1) is 24.1. The SMILES string of the molecule is C=CCc1cc(/C=C2/SC(=S)N(CC=C)C2=O)cc(OCC)c1OCc1ccc(Cl)cc1. The molecule has 2 aromatic carbocycles. The number of halogens is 1. The molecule has 7 heteroatoms. The number of nitrogens with zero attached hydrogens (tertiary/aromatic N) is 1. The molecule has 0 atom stereocenters. The highest BCUT2D eigenvalue weighted by atomic mass is 35.5. The van der Waals surface area contributed by atoms with E-state index >= 15 is 0 Å². The molecule has 1 saturated heterocycles. The van der Waals surface area contributed by atoms with Crippen LogP contribution in [-0.2, 0) is 17.8 Å². The second-order valence-electron chi connectivity index (χ2n) is 6.93. The van der Waals surface area contributed by atoms with Crippen molar-refractivity contribution in [1.29, 1.82) is 0 Å². The van der Waals surface area contributed by atoms with Gasteiger partial charge >= 0.3 is 0 Å². The van der Waals surface area contributed by atoms with Gasteiger partial charge in [-0.25, -0.2) is 0 Å². The van der Waals surface area contributed by atoms with Crippen LogP contribution in [0.4, 0.5) is 0 Å². The van der Waals surface area contributed by atoms with Gasteiger partial charge in [0.15, 0.2) is 11.5 Å². The molecule has 1 amide bonds. The lowest BCUT2D eigenvalue weighted by Crippen LogP contribution is -2.27. The summed E-state index contributed by atoms with van der Waals surface area (Å²) in [6.45, 7) is 10.7. The molecule has 3 rings (SSSR count). The molecule has 1 aliphatic heterocycles. The van der Waals surface area contributed by atoms with Crippen LogP contribution in [0.1, 0.15) is 23.6 Å². The Bertz CT molecular complexity index is 1060. The second-order valence-corrected chi connectivity index (χ2v) is 9.04. The normalized spacial score (nSPS) is 14.7. The minimum atomic E-state index is -0.119. The van der Waals surface area contributed by atoms with Crippen LogP contribution in [0.3, 0.4) is 0 Å². The van der Waals surface area contributed by atoms with Gasteiger partial charge in [-0.15, -0.1) is 13.2 Å². The minimum absolute atomic E-state index is 0.119. The van der Waals surface area contributed by atoms with Gasteiger partial charge in [-0.2, -0.15) is 0 Å². The summed E-state index contributed by atoms with van der Waals surface area (Å²) < 4.78 is 12.6. The molecule has 0 spiro atoms. The van der Waals surface area contributed by atoms with Crippen LogP contribution >= 0.6 is 35.6 Å². The van der Waals surface area contributed by atoms with Crippen molar-refractivity contribution < 1.29 is 14.3 Å². The zero-order chi connectivity index (χ0) is 23.1. The van der Waals surface area contributed by atoms with Crippen molar-refractivity contribution in [3.05, 3.63) is 88.3 Å². The van der Waals surface area contributed by atoms with Crippen molar-refractivity contribution in [2.24, 2.45) is 0 Å². The first-order valence-electron chi connectivity index (χ1n) is 10.1. The van der Waals surface area contributed by atoms with Crippen molar-refractivity contribution in [3.8, 4) is 11.5 Å². The molecule has 4 nitrogen and oxygen atoms in total. The minimum Gasteiger partial charge on any atom is -0.490 e. The Kier molecular flexibility index (Phi) is 8.56. The molecule has 1 fully saturated rings. The summed E-state index contributed by atoms with van der Waals surface area (Å²) in [6.07, 6.45) is 5.90. The van der Waals surface area contributed by atoms with Crippen molar-refractivity contribution in [1.82, 2.24) is 4.90 Å². The number of benzene rings is 2. The van der Waals surface area contributed by atoms with Crippen LogP contribution in [0.5, 0.6) is 11.5 Å². The third-order valence-corrected chi connectivity index (χ3v) is 6.23. The van der Waals surface area contributed by atoms with Gasteiger partial charge in [-0.1, -0.05) is 59.9 Å². The highest BCUT2D eigenvalue weighted by Crippen LogP contribution is 2.38. The quantitative estimate of drug-likeness (QED) is 0.220. The fourth-order valence-corrected chi connectivity index (χ4v) is 4.58. The molecule has 0 radical (unpaired) electrons. The monoisotopic (exact) mass is 485 g/mol. The van der Waals surface area contributed by atoms with E-state index in [-0.39, 0.29) is 5.91 Å². The highest BCUT2D eigenvalue weighted by molar-refractivity contribution is 8.26. The Hall–Kier alpha value is -2.54. The van der Waals surface area contributed by atoms with Crippen LogP contribution in [0.2, 0.25) is 5.02 Å². The lowest BCUT2D eigenvalue weighted by atomic mass is 10.0. The van der Waals surface area contributed by atoms with Crippen molar-refractivity contribution in [2.75, 3.05) is 13.2 Å². The van der Waals surface area contributed by atoms with Gasteiger partial charge in [-0.3, -0.25) is 9.69 Å². The Morgan fingerprint density at radius 2 is 1.91 bits per heavy atom. The summed E-state index contributed by atoms with van der Waals surface area (Å²) >= 11 is 12.6. The Morgan fingerprint density at radius 1 is 1.16 bits per heavy atom. The first-order valence-corrected chi connectivity index (χ1v) is 11.7. The summed E-state index contributed by atoms with van der Waals surface area (Å²) in [6, 6.07) is 11.4. The zero-order valence-corrected chi connectivity index (χ0v) is 20.2. The molecular formula is C25H24ClNO3S2. The predicted octanol–water partition coefficient (Wildman–Crippen LogP) is 6.43. The van der Waals surface area contributed by atoms with E-state index in [1.165, 1.54) is 16.7 Å². The van der Waals surface area contributed by atoms with Crippen LogP contribution in [0.25, 0.3) is 6.08 Å². The number of ether oxygens (including phenoxy) is 2. The number of thioether (sulfide) groups is 1. The molecule has 0 unspecified atom stereocenters. The van der Waals surface area contributed by atoms with Crippen molar-refractivity contribution >= 4 is 51.9 Å². The number of rotatable bonds is 10. The van der Waals surface area contributed by atoms with E-state index in [0.717, 1.165) is 16.7 Å². The van der Waals surface area contributed by atoms with Crippen molar-refractivity contribution in [3.63, 3.8) is 0 Å². The molecule has 0 bridgehead atoms. The third-order valence-electron chi connectivity index (χ3n) is 4.60. The number of thiocarbonyl (C=S) groups is 1. The number of allylic oxidation sites excluding steroid dienone is 1. The van der Waals surface area contributed by atoms with E-state index < -0.39 is 0 Å². The summed E-state index contributed by atoms with van der Waals surface area (Å²) in [5.74, 6) is 1.16. The number of carbonyl (C=O) groups excluding carboxylic acids is 1. The van der Waals surface area contributed by atoms with Gasteiger partial charge in [0, 0.05) is 17.1 Å². The van der Waals surface area contributed by atoms with Gasteiger partial charge < -0.3 is 9.47 Å². The molecule has 0 saturated carbocycles. The molecule has 0 N–H and O–H groups in total. The molecule has 2 aromatic rings. The van der Waals surface area contributed by atoms with Gasteiger partial charge in [0.25, 0.3) is 5.91 Å². The maximum atomic E-state index is 12.7. The predicted molar refractivity (Wildman–Crippen MR) is 137 cm³/mol. The van der Waals surface area contributed by atoms with E-state index in [4.69, 9.17) is 33.3 Å². The van der Waals surface area contributed by atoms with Crippen LogP contribution < -0.4 is 9.47 Å². The largest absolute Gasteiger partial charge is 0.490 e. The van der Waals surface area contributed by atoms with Crippen LogP contribution in [0.15, 0.2) is 66.6 Å². The van der Waals surface area contributed by atoms with Crippen LogP contribution in [-0.4, -0.2) is 28.3 Å². The Morgan fingerprint density at radius 3 is 2.56 bits per heavy atom. The lowest BCUT2D eigenvalue weighted by Gasteiger charge is -2.17. The summed E-state index contributed by atoms with van der Waals surface area (Å²) in [5.41, 5.74) is 2.76. The summed E-state index contributed by atoms with van der Waals surface area (Å²) in [7, 11) is 0. The van der Waals surface area contributed by atoms with Crippen molar-refractivity contribution in [2.45, 2.75) is 20.0 Å². The average Bonchev–Trinajstić information content (AvgIpc) is 3.02. The molecule has 32 heavy (non-hydrogen) atoms. The zero-order valence-electron chi connectivity index (χ0n) is 17.8. The first-order chi connectivity index (χ1) is 15.5. The summed E-state index contributed by atoms with van der Waals surface area (Å²) in [5, 5.41) is 0.680. The van der Waals surface area contributed by atoms with E-state index in [1.807, 2.05) is 55.5 Å². The van der Waals surface area contributed by atoms with Gasteiger partial charge in [0.05, 0.1) is 11.5 Å². The molecular weight excluding hydrogens is 462 g/mol. The molecule has 0 aliphatic carbocycles. The number of hydrogen-bond donors (Lipinski definition) is 0. The number of amides is 1. The third kappa shape index (κ3) is 5.82. The van der Waals surface area contributed by atoms with Gasteiger partial charge in [0.1, 0.15) is 10.9 Å². The fraction of sp³-hybridized carbons (Fsp3) is 0.200. The smallest absolute Gasteiger partial charge is 0.266 e. The Labute approximate surface area is 203 Å². The standard InChI is InChI=1S/C25H24ClNO3S2/c1-4-7-19-13-18(15-22-24(28)27(12-5-2)25(31)32-22)14-21(29-6-3)23(19)30-16-17-8-10-20(26)11-9-17/h4-5,8-11,13-15H,1-2,6-7,12,16H2,3H3/b22-15+. The van der Waals surface area contributed by atoms with Gasteiger partial charge in [0.2, 0.25) is 0 Å². The second kappa shape index (κ2) is 11.4. The van der Waals surface area contributed by atoms with Crippen LogP contribution in [0, 0.1) is 0 Å². The lowest BCUT2D eigenvalue weighted by molar-refractivity contribution is -0.121. The molecule has 0 aromatic heterocycles. The molecule has 166 valence electrons. The fourth-order valence-electron chi connectivity index (χ4n) is 3.17. The maximum Gasteiger partial charge on any atom is 0.266 e. The number of carbonyl (C=O) groups is 1. The van der Waals surface area contributed by atoms with E-state index in [2.05, 4.69) is 13.2 Å². The van der Waals surface area contributed by atoms with E-state index in [1.54, 1.807) is 6.08 Å². The van der Waals surface area contributed by atoms with E-state index in [9.17, 15) is 4.79 Å².